The Hall–Kier alpha value is -0.900. The molecule has 1 aromatic rings. The van der Waals surface area contributed by atoms with E-state index in [2.05, 4.69) is 29.8 Å². The van der Waals surface area contributed by atoms with Crippen molar-refractivity contribution in [1.29, 1.82) is 0 Å². The maximum Gasteiger partial charge on any atom is 0.269 e. The number of nitrogens with zero attached hydrogens (tertiary/aromatic N) is 1. The zero-order valence-corrected chi connectivity index (χ0v) is 10.4. The minimum Gasteiger partial charge on any atom is -0.258 e. The van der Waals surface area contributed by atoms with Crippen molar-refractivity contribution in [3.63, 3.8) is 0 Å². The van der Waals surface area contributed by atoms with Gasteiger partial charge in [0.05, 0.1) is 4.92 Å². The van der Waals surface area contributed by atoms with E-state index < -0.39 is 0 Å². The molecule has 1 rings (SSSR count). The summed E-state index contributed by atoms with van der Waals surface area (Å²) in [6.07, 6.45) is 1.02. The predicted molar refractivity (Wildman–Crippen MR) is 64.5 cm³/mol. The van der Waals surface area contributed by atoms with E-state index in [9.17, 15) is 10.1 Å². The molecule has 2 atom stereocenters. The lowest BCUT2D eigenvalue weighted by Gasteiger charge is -2.17. The van der Waals surface area contributed by atoms with Gasteiger partial charge in [0.2, 0.25) is 0 Å². The van der Waals surface area contributed by atoms with Crippen LogP contribution in [0.25, 0.3) is 0 Å². The summed E-state index contributed by atoms with van der Waals surface area (Å²) in [5.41, 5.74) is 1.29. The highest BCUT2D eigenvalue weighted by Crippen LogP contribution is 2.28. The Morgan fingerprint density at radius 2 is 1.93 bits per heavy atom. The molecule has 3 nitrogen and oxygen atoms in total. The number of hydrogen-bond acceptors (Lipinski definition) is 2. The first-order valence-corrected chi connectivity index (χ1v) is 5.86. The van der Waals surface area contributed by atoms with Gasteiger partial charge in [-0.05, 0) is 17.9 Å². The van der Waals surface area contributed by atoms with Crippen LogP contribution in [0.4, 0.5) is 5.69 Å². The fourth-order valence-electron chi connectivity index (χ4n) is 1.67. The van der Waals surface area contributed by atoms with Crippen LogP contribution in [0.15, 0.2) is 24.3 Å². The van der Waals surface area contributed by atoms with Crippen LogP contribution in [0.5, 0.6) is 0 Å². The van der Waals surface area contributed by atoms with Gasteiger partial charge in [-0.2, -0.15) is 0 Å². The molecular weight excluding hydrogens is 258 g/mol. The van der Waals surface area contributed by atoms with Gasteiger partial charge in [0, 0.05) is 17.0 Å². The number of nitro benzene ring substituents is 1. The Morgan fingerprint density at radius 3 is 2.27 bits per heavy atom. The fraction of sp³-hybridized carbons (Fsp3) is 0.455. The second-order valence-electron chi connectivity index (χ2n) is 3.54. The number of non-ortho nitro benzene ring substituents is 1. The molecule has 4 heteroatoms. The predicted octanol–water partition coefficient (Wildman–Crippen LogP) is 3.87. The van der Waals surface area contributed by atoms with Gasteiger partial charge in [0.25, 0.3) is 5.69 Å². The molecule has 0 aliphatic heterocycles. The Morgan fingerprint density at radius 1 is 1.40 bits per heavy atom. The highest BCUT2D eigenvalue weighted by Gasteiger charge is 2.15. The van der Waals surface area contributed by atoms with Crippen LogP contribution >= 0.6 is 15.9 Å². The lowest BCUT2D eigenvalue weighted by atomic mass is 9.94. The van der Waals surface area contributed by atoms with E-state index >= 15 is 0 Å². The van der Waals surface area contributed by atoms with Crippen molar-refractivity contribution in [2.24, 2.45) is 0 Å². The van der Waals surface area contributed by atoms with Gasteiger partial charge in [-0.25, -0.2) is 0 Å². The third kappa shape index (κ3) is 3.02. The van der Waals surface area contributed by atoms with Crippen molar-refractivity contribution in [1.82, 2.24) is 0 Å². The molecule has 0 saturated carbocycles. The van der Waals surface area contributed by atoms with Crippen LogP contribution < -0.4 is 0 Å². The van der Waals surface area contributed by atoms with Gasteiger partial charge in [-0.15, -0.1) is 0 Å². The third-order valence-electron chi connectivity index (χ3n) is 2.53. The Kier molecular flexibility index (Phi) is 4.27. The average Bonchev–Trinajstić information content (AvgIpc) is 2.19. The summed E-state index contributed by atoms with van der Waals surface area (Å²) in [5.74, 6) is 0.408. The molecule has 2 unspecified atom stereocenters. The molecule has 0 radical (unpaired) electrons. The molecule has 0 fully saturated rings. The van der Waals surface area contributed by atoms with Gasteiger partial charge in [0.15, 0.2) is 0 Å². The van der Waals surface area contributed by atoms with Crippen LogP contribution in [0.2, 0.25) is 0 Å². The van der Waals surface area contributed by atoms with Crippen LogP contribution in [0.1, 0.15) is 31.7 Å². The molecule has 0 bridgehead atoms. The van der Waals surface area contributed by atoms with Gasteiger partial charge < -0.3 is 0 Å². The number of rotatable bonds is 4. The molecular formula is C11H14BrNO2. The first kappa shape index (κ1) is 12.2. The quantitative estimate of drug-likeness (QED) is 0.474. The van der Waals surface area contributed by atoms with Crippen LogP contribution in [0, 0.1) is 10.1 Å². The molecule has 0 saturated heterocycles. The molecule has 82 valence electrons. The highest BCUT2D eigenvalue weighted by atomic mass is 79.9. The monoisotopic (exact) mass is 271 g/mol. The lowest BCUT2D eigenvalue weighted by Crippen LogP contribution is -2.07. The summed E-state index contributed by atoms with van der Waals surface area (Å²) in [6, 6.07) is 6.80. The van der Waals surface area contributed by atoms with Crippen LogP contribution in [-0.2, 0) is 0 Å². The van der Waals surface area contributed by atoms with E-state index in [-0.39, 0.29) is 10.6 Å². The summed E-state index contributed by atoms with van der Waals surface area (Å²) in [6.45, 7) is 4.21. The van der Waals surface area contributed by atoms with Crippen molar-refractivity contribution < 1.29 is 4.92 Å². The maximum absolute atomic E-state index is 10.5. The Balaban J connectivity index is 2.92. The summed E-state index contributed by atoms with van der Waals surface area (Å²) >= 11 is 3.55. The number of nitro groups is 1. The van der Waals surface area contributed by atoms with Crippen molar-refractivity contribution in [2.45, 2.75) is 31.0 Å². The summed E-state index contributed by atoms with van der Waals surface area (Å²) < 4.78 is 0. The van der Waals surface area contributed by atoms with Crippen molar-refractivity contribution in [3.8, 4) is 0 Å². The first-order valence-electron chi connectivity index (χ1n) is 4.94. The van der Waals surface area contributed by atoms with Gasteiger partial charge in [-0.1, -0.05) is 41.9 Å². The van der Waals surface area contributed by atoms with Crippen molar-refractivity contribution in [3.05, 3.63) is 39.9 Å². The van der Waals surface area contributed by atoms with Crippen molar-refractivity contribution >= 4 is 21.6 Å². The SMILES string of the molecule is CCC(c1ccc([N+](=O)[O-])cc1)C(C)Br. The van der Waals surface area contributed by atoms with E-state index in [1.807, 2.05) is 12.1 Å². The lowest BCUT2D eigenvalue weighted by molar-refractivity contribution is -0.384. The molecule has 0 spiro atoms. The zero-order chi connectivity index (χ0) is 11.4. The van der Waals surface area contributed by atoms with E-state index in [0.717, 1.165) is 12.0 Å². The largest absolute Gasteiger partial charge is 0.269 e. The number of benzene rings is 1. The summed E-state index contributed by atoms with van der Waals surface area (Å²) in [4.78, 5) is 10.5. The normalized spacial score (nSPS) is 14.6. The van der Waals surface area contributed by atoms with Gasteiger partial charge in [0.1, 0.15) is 0 Å². The molecule has 1 aromatic carbocycles. The molecule has 15 heavy (non-hydrogen) atoms. The second kappa shape index (κ2) is 5.26. The number of alkyl halides is 1. The van der Waals surface area contributed by atoms with Gasteiger partial charge >= 0.3 is 0 Å². The third-order valence-corrected chi connectivity index (χ3v) is 3.16. The average molecular weight is 272 g/mol. The van der Waals surface area contributed by atoms with E-state index in [1.54, 1.807) is 12.1 Å². The minimum atomic E-state index is -0.373. The topological polar surface area (TPSA) is 43.1 Å². The van der Waals surface area contributed by atoms with Crippen LogP contribution in [0.3, 0.4) is 0 Å². The van der Waals surface area contributed by atoms with E-state index in [0.29, 0.717) is 10.7 Å². The van der Waals surface area contributed by atoms with E-state index in [4.69, 9.17) is 0 Å². The van der Waals surface area contributed by atoms with E-state index in [1.165, 1.54) is 0 Å². The molecule has 0 aliphatic carbocycles. The number of hydrogen-bond donors (Lipinski definition) is 0. The smallest absolute Gasteiger partial charge is 0.258 e. The Labute approximate surface area is 97.8 Å². The van der Waals surface area contributed by atoms with Crippen LogP contribution in [-0.4, -0.2) is 9.75 Å². The molecule has 0 aliphatic rings. The molecule has 0 amide bonds. The zero-order valence-electron chi connectivity index (χ0n) is 8.81. The molecule has 0 heterocycles. The Bertz CT molecular complexity index is 335. The fourth-order valence-corrected chi connectivity index (χ4v) is 2.35. The maximum atomic E-state index is 10.5. The summed E-state index contributed by atoms with van der Waals surface area (Å²) in [7, 11) is 0. The number of halogens is 1. The standard InChI is InChI=1S/C11H14BrNO2/c1-3-11(8(2)12)9-4-6-10(7-5-9)13(14)15/h4-8,11H,3H2,1-2H3. The highest BCUT2D eigenvalue weighted by molar-refractivity contribution is 9.09. The molecule has 0 N–H and O–H groups in total. The first-order chi connectivity index (χ1) is 7.06. The van der Waals surface area contributed by atoms with Crippen molar-refractivity contribution in [2.75, 3.05) is 0 Å². The second-order valence-corrected chi connectivity index (χ2v) is 4.99. The summed E-state index contributed by atoms with van der Waals surface area (Å²) in [5, 5.41) is 10.5. The minimum absolute atomic E-state index is 0.149. The molecule has 0 aromatic heterocycles. The van der Waals surface area contributed by atoms with Gasteiger partial charge in [-0.3, -0.25) is 10.1 Å².